The summed E-state index contributed by atoms with van der Waals surface area (Å²) in [5, 5.41) is 3.82. The minimum atomic E-state index is -0.358. The highest BCUT2D eigenvalue weighted by Gasteiger charge is 2.19. The summed E-state index contributed by atoms with van der Waals surface area (Å²) in [5.41, 5.74) is 1.71. The van der Waals surface area contributed by atoms with Gasteiger partial charge in [-0.1, -0.05) is 30.3 Å². The fourth-order valence-electron chi connectivity index (χ4n) is 2.72. The number of aryl methyl sites for hydroxylation is 3. The Labute approximate surface area is 161 Å². The summed E-state index contributed by atoms with van der Waals surface area (Å²) in [7, 11) is 1.71. The number of nitrogens with zero attached hydrogens (tertiary/aromatic N) is 2. The molecule has 1 N–H and O–H groups in total. The number of hydrogen-bond donors (Lipinski definition) is 1. The Kier molecular flexibility index (Phi) is 5.71. The molecule has 0 spiro atoms. The summed E-state index contributed by atoms with van der Waals surface area (Å²) in [5.74, 6) is -0.303. The topological polar surface area (TPSA) is 73.2 Å². The Bertz CT molecular complexity index is 1010. The fraction of sp³-hybridized carbons (Fsp3) is 0.250. The predicted octanol–water partition coefficient (Wildman–Crippen LogP) is 2.97. The maximum Gasteiger partial charge on any atom is 0.272 e. The van der Waals surface area contributed by atoms with Gasteiger partial charge < -0.3 is 14.6 Å². The molecule has 1 aromatic carbocycles. The standard InChI is InChI=1S/C20H21N3O3S/c1-13-17(27-14(2)22-13)11-21-20(25)18-19(16(24)9-10-23(18)3)26-12-15-7-5-4-6-8-15/h4-10H,11-12H2,1-3H3,(H,21,25). The third-order valence-corrected chi connectivity index (χ3v) is 5.16. The van der Waals surface area contributed by atoms with Crippen LogP contribution in [0.3, 0.4) is 0 Å². The zero-order valence-electron chi connectivity index (χ0n) is 15.5. The molecule has 1 amide bonds. The quantitative estimate of drug-likeness (QED) is 0.710. The number of nitrogens with one attached hydrogen (secondary N) is 1. The minimum absolute atomic E-state index is 0.0542. The first-order valence-corrected chi connectivity index (χ1v) is 9.35. The highest BCUT2D eigenvalue weighted by atomic mass is 32.1. The van der Waals surface area contributed by atoms with Crippen molar-refractivity contribution in [2.45, 2.75) is 27.0 Å². The van der Waals surface area contributed by atoms with Gasteiger partial charge in [0.2, 0.25) is 5.43 Å². The van der Waals surface area contributed by atoms with Crippen LogP contribution < -0.4 is 15.5 Å². The van der Waals surface area contributed by atoms with E-state index >= 15 is 0 Å². The number of ether oxygens (including phenoxy) is 1. The molecule has 0 saturated heterocycles. The van der Waals surface area contributed by atoms with Gasteiger partial charge in [-0.05, 0) is 19.4 Å². The Morgan fingerprint density at radius 2 is 1.96 bits per heavy atom. The van der Waals surface area contributed by atoms with Crippen molar-refractivity contribution >= 4 is 17.2 Å². The number of carbonyl (C=O) groups is 1. The zero-order chi connectivity index (χ0) is 19.4. The average molecular weight is 383 g/mol. The lowest BCUT2D eigenvalue weighted by Gasteiger charge is -2.14. The molecule has 3 rings (SSSR count). The molecule has 0 aliphatic carbocycles. The SMILES string of the molecule is Cc1nc(C)c(CNC(=O)c2c(OCc3ccccc3)c(=O)ccn2C)s1. The van der Waals surface area contributed by atoms with Crippen LogP contribution in [0.4, 0.5) is 0 Å². The molecular weight excluding hydrogens is 362 g/mol. The fourth-order valence-corrected chi connectivity index (χ4v) is 3.60. The molecule has 0 fully saturated rings. The molecule has 3 aromatic rings. The number of carbonyl (C=O) groups excluding carboxylic acids is 1. The van der Waals surface area contributed by atoms with E-state index in [0.29, 0.717) is 6.54 Å². The first kappa shape index (κ1) is 18.8. The van der Waals surface area contributed by atoms with Gasteiger partial charge in [-0.3, -0.25) is 9.59 Å². The third kappa shape index (κ3) is 4.43. The molecule has 27 heavy (non-hydrogen) atoms. The van der Waals surface area contributed by atoms with E-state index in [9.17, 15) is 9.59 Å². The summed E-state index contributed by atoms with van der Waals surface area (Å²) in [4.78, 5) is 30.5. The zero-order valence-corrected chi connectivity index (χ0v) is 16.3. The van der Waals surface area contributed by atoms with E-state index in [1.807, 2.05) is 44.2 Å². The first-order chi connectivity index (χ1) is 13.0. The Balaban J connectivity index is 1.81. The molecule has 140 valence electrons. The van der Waals surface area contributed by atoms with Crippen molar-refractivity contribution in [1.29, 1.82) is 0 Å². The number of pyridine rings is 1. The molecule has 2 aromatic heterocycles. The molecule has 6 nitrogen and oxygen atoms in total. The number of amides is 1. The van der Waals surface area contributed by atoms with Crippen LogP contribution in [0.15, 0.2) is 47.4 Å². The second kappa shape index (κ2) is 8.18. The lowest BCUT2D eigenvalue weighted by atomic mass is 10.2. The van der Waals surface area contributed by atoms with E-state index in [0.717, 1.165) is 21.1 Å². The highest BCUT2D eigenvalue weighted by molar-refractivity contribution is 7.11. The molecule has 7 heteroatoms. The van der Waals surface area contributed by atoms with Gasteiger partial charge >= 0.3 is 0 Å². The normalized spacial score (nSPS) is 10.6. The number of thiazole rings is 1. The molecule has 0 radical (unpaired) electrons. The van der Waals surface area contributed by atoms with Crippen LogP contribution in [0.2, 0.25) is 0 Å². The van der Waals surface area contributed by atoms with Gasteiger partial charge in [0.25, 0.3) is 5.91 Å². The average Bonchev–Trinajstić information content (AvgIpc) is 2.98. The van der Waals surface area contributed by atoms with Crippen LogP contribution in [0.5, 0.6) is 5.75 Å². The van der Waals surface area contributed by atoms with E-state index < -0.39 is 0 Å². The van der Waals surface area contributed by atoms with Crippen molar-refractivity contribution in [3.8, 4) is 5.75 Å². The van der Waals surface area contributed by atoms with Crippen molar-refractivity contribution in [2.75, 3.05) is 0 Å². The molecule has 0 aliphatic rings. The maximum atomic E-state index is 12.8. The monoisotopic (exact) mass is 383 g/mol. The summed E-state index contributed by atoms with van der Waals surface area (Å²) < 4.78 is 7.33. The van der Waals surface area contributed by atoms with Crippen molar-refractivity contribution in [3.05, 3.63) is 79.7 Å². The summed E-state index contributed by atoms with van der Waals surface area (Å²) in [6.07, 6.45) is 1.56. The van der Waals surface area contributed by atoms with E-state index in [1.54, 1.807) is 29.1 Å². The van der Waals surface area contributed by atoms with Crippen LogP contribution in [0, 0.1) is 13.8 Å². The Morgan fingerprint density at radius 1 is 1.22 bits per heavy atom. The van der Waals surface area contributed by atoms with Crippen molar-refractivity contribution in [3.63, 3.8) is 0 Å². The van der Waals surface area contributed by atoms with Crippen LogP contribution in [-0.2, 0) is 20.2 Å². The van der Waals surface area contributed by atoms with Crippen LogP contribution in [-0.4, -0.2) is 15.5 Å². The molecule has 2 heterocycles. The van der Waals surface area contributed by atoms with Gasteiger partial charge in [-0.25, -0.2) is 4.98 Å². The smallest absolute Gasteiger partial charge is 0.272 e. The summed E-state index contributed by atoms with van der Waals surface area (Å²) in [6.45, 7) is 4.42. The molecule has 0 aliphatic heterocycles. The predicted molar refractivity (Wildman–Crippen MR) is 105 cm³/mol. The van der Waals surface area contributed by atoms with Gasteiger partial charge in [-0.15, -0.1) is 11.3 Å². The largest absolute Gasteiger partial charge is 0.483 e. The van der Waals surface area contributed by atoms with Crippen molar-refractivity contribution in [2.24, 2.45) is 7.05 Å². The van der Waals surface area contributed by atoms with Crippen molar-refractivity contribution < 1.29 is 9.53 Å². The van der Waals surface area contributed by atoms with Gasteiger partial charge in [0.05, 0.1) is 17.2 Å². The lowest BCUT2D eigenvalue weighted by molar-refractivity contribution is 0.0936. The second-order valence-corrected chi connectivity index (χ2v) is 7.45. The van der Waals surface area contributed by atoms with E-state index in [4.69, 9.17) is 4.74 Å². The molecular formula is C20H21N3O3S. The number of hydrogen-bond acceptors (Lipinski definition) is 5. The maximum absolute atomic E-state index is 12.8. The second-order valence-electron chi connectivity index (χ2n) is 6.17. The first-order valence-electron chi connectivity index (χ1n) is 8.53. The van der Waals surface area contributed by atoms with Crippen LogP contribution in [0.25, 0.3) is 0 Å². The number of benzene rings is 1. The van der Waals surface area contributed by atoms with Crippen LogP contribution >= 0.6 is 11.3 Å². The summed E-state index contributed by atoms with van der Waals surface area (Å²) in [6, 6.07) is 10.9. The molecule has 0 atom stereocenters. The van der Waals surface area contributed by atoms with Crippen LogP contribution in [0.1, 0.15) is 31.6 Å². The van der Waals surface area contributed by atoms with Gasteiger partial charge in [0, 0.05) is 24.2 Å². The highest BCUT2D eigenvalue weighted by Crippen LogP contribution is 2.18. The van der Waals surface area contributed by atoms with Crippen molar-refractivity contribution in [1.82, 2.24) is 14.9 Å². The minimum Gasteiger partial charge on any atom is -0.483 e. The van der Waals surface area contributed by atoms with Gasteiger partial charge in [0.1, 0.15) is 6.61 Å². The van der Waals surface area contributed by atoms with Gasteiger partial charge in [-0.2, -0.15) is 0 Å². The van der Waals surface area contributed by atoms with E-state index in [2.05, 4.69) is 10.3 Å². The van der Waals surface area contributed by atoms with E-state index in [1.165, 1.54) is 6.07 Å². The molecule has 0 bridgehead atoms. The molecule has 0 saturated carbocycles. The van der Waals surface area contributed by atoms with Gasteiger partial charge in [0.15, 0.2) is 11.4 Å². The van der Waals surface area contributed by atoms with E-state index in [-0.39, 0.29) is 29.4 Å². The number of rotatable bonds is 6. The summed E-state index contributed by atoms with van der Waals surface area (Å²) >= 11 is 1.55. The Morgan fingerprint density at radius 3 is 2.63 bits per heavy atom. The lowest BCUT2D eigenvalue weighted by Crippen LogP contribution is -2.29. The number of aromatic nitrogens is 2. The third-order valence-electron chi connectivity index (χ3n) is 4.09. The molecule has 0 unspecified atom stereocenters. The Hall–Kier alpha value is -2.93.